The second-order valence-corrected chi connectivity index (χ2v) is 5.03. The molecule has 1 aliphatic heterocycles. The second-order valence-electron chi connectivity index (χ2n) is 5.03. The van der Waals surface area contributed by atoms with Crippen LogP contribution < -0.4 is 16.2 Å². The molecule has 1 heterocycles. The van der Waals surface area contributed by atoms with Crippen LogP contribution in [0.25, 0.3) is 0 Å². The summed E-state index contributed by atoms with van der Waals surface area (Å²) >= 11 is 0. The predicted octanol–water partition coefficient (Wildman–Crippen LogP) is 0.435. The number of carbonyl (C=O) groups is 1. The summed E-state index contributed by atoms with van der Waals surface area (Å²) in [5.41, 5.74) is 3.49. The van der Waals surface area contributed by atoms with Gasteiger partial charge in [-0.3, -0.25) is 15.1 Å². The van der Waals surface area contributed by atoms with Crippen LogP contribution in [0.3, 0.4) is 0 Å². The summed E-state index contributed by atoms with van der Waals surface area (Å²) in [5.74, 6) is 5.00. The maximum absolute atomic E-state index is 11.4. The number of hydrazine groups is 1. The van der Waals surface area contributed by atoms with Crippen molar-refractivity contribution in [3.05, 3.63) is 30.3 Å². The van der Waals surface area contributed by atoms with Crippen molar-refractivity contribution in [2.45, 2.75) is 6.92 Å². The molecule has 0 radical (unpaired) electrons. The van der Waals surface area contributed by atoms with Gasteiger partial charge < -0.3 is 4.90 Å². The number of carbonyl (C=O) groups excluding carboxylic acids is 1. The average Bonchev–Trinajstić information content (AvgIpc) is 2.48. The first-order chi connectivity index (χ1) is 9.20. The third-order valence-electron chi connectivity index (χ3n) is 3.62. The number of rotatable bonds is 4. The summed E-state index contributed by atoms with van der Waals surface area (Å²) in [5, 5.41) is 0. The zero-order valence-electron chi connectivity index (χ0n) is 11.4. The van der Waals surface area contributed by atoms with E-state index in [-0.39, 0.29) is 11.8 Å². The minimum absolute atomic E-state index is 0.0618. The lowest BCUT2D eigenvalue weighted by Crippen LogP contribution is -2.49. The summed E-state index contributed by atoms with van der Waals surface area (Å²) < 4.78 is 0. The number of para-hydroxylation sites is 1. The number of nitrogens with one attached hydrogen (secondary N) is 1. The fourth-order valence-corrected chi connectivity index (χ4v) is 2.44. The lowest BCUT2D eigenvalue weighted by Gasteiger charge is -2.36. The van der Waals surface area contributed by atoms with Gasteiger partial charge in [0.15, 0.2) is 0 Å². The van der Waals surface area contributed by atoms with Gasteiger partial charge >= 0.3 is 0 Å². The average molecular weight is 262 g/mol. The lowest BCUT2D eigenvalue weighted by atomic mass is 10.1. The lowest BCUT2D eigenvalue weighted by molar-refractivity contribution is -0.125. The molecule has 0 aromatic heterocycles. The first-order valence-corrected chi connectivity index (χ1v) is 6.73. The van der Waals surface area contributed by atoms with Crippen LogP contribution in [0.1, 0.15) is 6.92 Å². The molecular weight excluding hydrogens is 240 g/mol. The zero-order chi connectivity index (χ0) is 13.7. The van der Waals surface area contributed by atoms with E-state index in [9.17, 15) is 4.79 Å². The van der Waals surface area contributed by atoms with Crippen LogP contribution in [0.15, 0.2) is 30.3 Å². The second kappa shape index (κ2) is 6.54. The van der Waals surface area contributed by atoms with Crippen LogP contribution in [0, 0.1) is 5.92 Å². The van der Waals surface area contributed by atoms with Crippen molar-refractivity contribution < 1.29 is 4.79 Å². The van der Waals surface area contributed by atoms with Crippen molar-refractivity contribution >= 4 is 11.6 Å². The Bertz CT molecular complexity index is 401. The summed E-state index contributed by atoms with van der Waals surface area (Å²) in [7, 11) is 0. The highest BCUT2D eigenvalue weighted by molar-refractivity contribution is 5.77. The number of anilines is 1. The van der Waals surface area contributed by atoms with Crippen molar-refractivity contribution in [2.75, 3.05) is 37.6 Å². The van der Waals surface area contributed by atoms with Gasteiger partial charge in [0, 0.05) is 44.3 Å². The minimum Gasteiger partial charge on any atom is -0.369 e. The van der Waals surface area contributed by atoms with Gasteiger partial charge in [0.1, 0.15) is 0 Å². The Kier molecular flexibility index (Phi) is 4.76. The van der Waals surface area contributed by atoms with Gasteiger partial charge in [0.2, 0.25) is 5.91 Å². The third-order valence-corrected chi connectivity index (χ3v) is 3.62. The maximum Gasteiger partial charge on any atom is 0.237 e. The molecule has 1 aromatic rings. The van der Waals surface area contributed by atoms with E-state index in [4.69, 9.17) is 5.84 Å². The van der Waals surface area contributed by atoms with Gasteiger partial charge in [0.25, 0.3) is 0 Å². The molecule has 0 saturated carbocycles. The largest absolute Gasteiger partial charge is 0.369 e. The van der Waals surface area contributed by atoms with Crippen LogP contribution >= 0.6 is 0 Å². The molecule has 3 N–H and O–H groups in total. The van der Waals surface area contributed by atoms with Gasteiger partial charge in [-0.1, -0.05) is 25.1 Å². The van der Waals surface area contributed by atoms with Gasteiger partial charge in [0.05, 0.1) is 0 Å². The fourth-order valence-electron chi connectivity index (χ4n) is 2.44. The highest BCUT2D eigenvalue weighted by Gasteiger charge is 2.21. The molecule has 1 aliphatic rings. The maximum atomic E-state index is 11.4. The summed E-state index contributed by atoms with van der Waals surface area (Å²) in [6.07, 6.45) is 0. The standard InChI is InChI=1S/C14H22N4O/c1-12(14(19)16-15)11-17-7-9-18(10-8-17)13-5-3-2-4-6-13/h2-6,12H,7-11,15H2,1H3,(H,16,19). The van der Waals surface area contributed by atoms with Crippen molar-refractivity contribution in [1.82, 2.24) is 10.3 Å². The van der Waals surface area contributed by atoms with Crippen LogP contribution in [-0.4, -0.2) is 43.5 Å². The number of hydrogen-bond donors (Lipinski definition) is 2. The molecule has 19 heavy (non-hydrogen) atoms. The highest BCUT2D eigenvalue weighted by atomic mass is 16.2. The molecule has 1 amide bonds. The highest BCUT2D eigenvalue weighted by Crippen LogP contribution is 2.16. The van der Waals surface area contributed by atoms with E-state index in [0.29, 0.717) is 0 Å². The Hall–Kier alpha value is -1.59. The first-order valence-electron chi connectivity index (χ1n) is 6.73. The number of nitrogens with zero attached hydrogens (tertiary/aromatic N) is 2. The molecular formula is C14H22N4O. The topological polar surface area (TPSA) is 61.6 Å². The van der Waals surface area contributed by atoms with Crippen molar-refractivity contribution in [3.8, 4) is 0 Å². The van der Waals surface area contributed by atoms with Crippen molar-refractivity contribution in [2.24, 2.45) is 11.8 Å². The molecule has 0 bridgehead atoms. The van der Waals surface area contributed by atoms with Gasteiger partial charge in [-0.05, 0) is 12.1 Å². The molecule has 104 valence electrons. The van der Waals surface area contributed by atoms with Gasteiger partial charge in [-0.2, -0.15) is 0 Å². The molecule has 0 spiro atoms. The monoisotopic (exact) mass is 262 g/mol. The van der Waals surface area contributed by atoms with Gasteiger partial charge in [-0.25, -0.2) is 5.84 Å². The molecule has 1 saturated heterocycles. The summed E-state index contributed by atoms with van der Waals surface area (Å²) in [6, 6.07) is 10.4. The van der Waals surface area contributed by atoms with Crippen LogP contribution in [-0.2, 0) is 4.79 Å². The smallest absolute Gasteiger partial charge is 0.237 e. The quantitative estimate of drug-likeness (QED) is 0.469. The number of nitrogens with two attached hydrogens (primary N) is 1. The Labute approximate surface area is 114 Å². The molecule has 2 rings (SSSR count). The molecule has 1 aromatic carbocycles. The molecule has 5 heteroatoms. The van der Waals surface area contributed by atoms with E-state index in [1.54, 1.807) is 0 Å². The van der Waals surface area contributed by atoms with Crippen LogP contribution in [0.2, 0.25) is 0 Å². The normalized spacial score (nSPS) is 18.1. The molecule has 1 fully saturated rings. The van der Waals surface area contributed by atoms with E-state index < -0.39 is 0 Å². The molecule has 5 nitrogen and oxygen atoms in total. The minimum atomic E-state index is -0.0921. The predicted molar refractivity (Wildman–Crippen MR) is 76.6 cm³/mol. The van der Waals surface area contributed by atoms with E-state index in [2.05, 4.69) is 39.5 Å². The number of hydrogen-bond acceptors (Lipinski definition) is 4. The molecule has 1 atom stereocenters. The SMILES string of the molecule is CC(CN1CCN(c2ccccc2)CC1)C(=O)NN. The summed E-state index contributed by atoms with van der Waals surface area (Å²) in [6.45, 7) is 6.65. The molecule has 0 aliphatic carbocycles. The zero-order valence-corrected chi connectivity index (χ0v) is 11.4. The Morgan fingerprint density at radius 3 is 2.47 bits per heavy atom. The van der Waals surface area contributed by atoms with E-state index in [1.165, 1.54) is 5.69 Å². The van der Waals surface area contributed by atoms with E-state index in [1.807, 2.05) is 13.0 Å². The van der Waals surface area contributed by atoms with Crippen molar-refractivity contribution in [3.63, 3.8) is 0 Å². The Morgan fingerprint density at radius 1 is 1.26 bits per heavy atom. The number of piperazine rings is 1. The van der Waals surface area contributed by atoms with Crippen LogP contribution in [0.5, 0.6) is 0 Å². The fraction of sp³-hybridized carbons (Fsp3) is 0.500. The Balaban J connectivity index is 1.81. The van der Waals surface area contributed by atoms with Crippen LogP contribution in [0.4, 0.5) is 5.69 Å². The first kappa shape index (κ1) is 13.8. The third kappa shape index (κ3) is 3.68. The van der Waals surface area contributed by atoms with Gasteiger partial charge in [-0.15, -0.1) is 0 Å². The number of benzene rings is 1. The Morgan fingerprint density at radius 2 is 1.89 bits per heavy atom. The summed E-state index contributed by atoms with van der Waals surface area (Å²) in [4.78, 5) is 16.1. The number of amides is 1. The van der Waals surface area contributed by atoms with Crippen molar-refractivity contribution in [1.29, 1.82) is 0 Å². The molecule has 1 unspecified atom stereocenters. The van der Waals surface area contributed by atoms with E-state index >= 15 is 0 Å². The van der Waals surface area contributed by atoms with E-state index in [0.717, 1.165) is 32.7 Å².